The van der Waals surface area contributed by atoms with E-state index in [4.69, 9.17) is 22.1 Å². The molecular weight excluding hydrogens is 311 g/mol. The Balaban J connectivity index is 2.14. The second-order valence-corrected chi connectivity index (χ2v) is 4.84. The Kier molecular flexibility index (Phi) is 5.24. The molecular formula is C14H14ClFN4O2. The molecule has 1 atom stereocenters. The van der Waals surface area contributed by atoms with E-state index in [2.05, 4.69) is 15.5 Å². The monoisotopic (exact) mass is 324 g/mol. The minimum absolute atomic E-state index is 0.0705. The van der Waals surface area contributed by atoms with Gasteiger partial charge in [-0.25, -0.2) is 4.39 Å². The molecule has 0 saturated heterocycles. The van der Waals surface area contributed by atoms with Crippen LogP contribution in [-0.4, -0.2) is 29.8 Å². The van der Waals surface area contributed by atoms with Gasteiger partial charge in [-0.3, -0.25) is 4.79 Å². The summed E-state index contributed by atoms with van der Waals surface area (Å²) in [5.41, 5.74) is 6.18. The Labute approximate surface area is 131 Å². The molecule has 1 aromatic carbocycles. The normalized spacial score (nSPS) is 12.0. The molecule has 0 saturated carbocycles. The van der Waals surface area contributed by atoms with Crippen molar-refractivity contribution in [2.24, 2.45) is 5.73 Å². The Morgan fingerprint density at radius 1 is 1.41 bits per heavy atom. The van der Waals surface area contributed by atoms with Gasteiger partial charge in [0.05, 0.1) is 11.7 Å². The van der Waals surface area contributed by atoms with Gasteiger partial charge in [0.1, 0.15) is 5.82 Å². The van der Waals surface area contributed by atoms with E-state index < -0.39 is 5.91 Å². The van der Waals surface area contributed by atoms with Crippen molar-refractivity contribution in [3.63, 3.8) is 0 Å². The van der Waals surface area contributed by atoms with Gasteiger partial charge in [0.25, 0.3) is 5.91 Å². The topological polar surface area (TPSA) is 90.1 Å². The maximum atomic E-state index is 12.9. The molecule has 2 aromatic rings. The zero-order valence-corrected chi connectivity index (χ0v) is 12.5. The summed E-state index contributed by atoms with van der Waals surface area (Å²) in [6, 6.07) is 7.26. The van der Waals surface area contributed by atoms with Crippen LogP contribution in [0.4, 0.5) is 10.2 Å². The number of methoxy groups -OCH3 is 1. The van der Waals surface area contributed by atoms with Gasteiger partial charge in [-0.15, -0.1) is 10.2 Å². The lowest BCUT2D eigenvalue weighted by Gasteiger charge is -2.17. The van der Waals surface area contributed by atoms with Gasteiger partial charge in [0.2, 0.25) is 0 Å². The summed E-state index contributed by atoms with van der Waals surface area (Å²) < 4.78 is 18.3. The first-order chi connectivity index (χ1) is 10.5. The van der Waals surface area contributed by atoms with Gasteiger partial charge in [-0.1, -0.05) is 23.7 Å². The summed E-state index contributed by atoms with van der Waals surface area (Å²) in [6.45, 7) is 0.290. The number of carbonyl (C=O) groups excluding carboxylic acids is 1. The van der Waals surface area contributed by atoms with Crippen molar-refractivity contribution in [2.45, 2.75) is 6.10 Å². The summed E-state index contributed by atoms with van der Waals surface area (Å²) in [6.07, 6.45) is -0.362. The standard InChI is InChI=1S/C14H14ClFN4O2/c1-22-11(8-2-4-9(16)5-3-8)7-18-14-10(13(17)21)6-12(15)19-20-14/h2-6,11H,7H2,1H3,(H2,17,21)(H,18,20). The number of rotatable bonds is 6. The quantitative estimate of drug-likeness (QED) is 0.850. The van der Waals surface area contributed by atoms with Crippen LogP contribution in [0.15, 0.2) is 30.3 Å². The number of aromatic nitrogens is 2. The Morgan fingerprint density at radius 3 is 2.68 bits per heavy atom. The summed E-state index contributed by atoms with van der Waals surface area (Å²) >= 11 is 5.69. The maximum Gasteiger partial charge on any atom is 0.252 e. The lowest BCUT2D eigenvalue weighted by molar-refractivity contribution is 0.0999. The third-order valence-electron chi connectivity index (χ3n) is 3.01. The smallest absolute Gasteiger partial charge is 0.252 e. The second kappa shape index (κ2) is 7.15. The van der Waals surface area contributed by atoms with Crippen LogP contribution in [-0.2, 0) is 4.74 Å². The highest BCUT2D eigenvalue weighted by atomic mass is 35.5. The summed E-state index contributed by atoms with van der Waals surface area (Å²) in [4.78, 5) is 11.4. The van der Waals surface area contributed by atoms with Crippen molar-refractivity contribution < 1.29 is 13.9 Å². The van der Waals surface area contributed by atoms with Crippen LogP contribution in [0, 0.1) is 5.82 Å². The zero-order valence-electron chi connectivity index (χ0n) is 11.7. The van der Waals surface area contributed by atoms with Crippen LogP contribution in [0.3, 0.4) is 0 Å². The van der Waals surface area contributed by atoms with Gasteiger partial charge < -0.3 is 15.8 Å². The predicted molar refractivity (Wildman–Crippen MR) is 80.2 cm³/mol. The van der Waals surface area contributed by atoms with Crippen molar-refractivity contribution in [1.29, 1.82) is 0 Å². The van der Waals surface area contributed by atoms with E-state index in [1.807, 2.05) is 0 Å². The van der Waals surface area contributed by atoms with Crippen LogP contribution in [0.2, 0.25) is 5.15 Å². The molecule has 8 heteroatoms. The third kappa shape index (κ3) is 3.90. The molecule has 1 unspecified atom stereocenters. The van der Waals surface area contributed by atoms with Crippen molar-refractivity contribution in [1.82, 2.24) is 10.2 Å². The highest BCUT2D eigenvalue weighted by molar-refractivity contribution is 6.29. The average Bonchev–Trinajstić information content (AvgIpc) is 2.50. The highest BCUT2D eigenvalue weighted by Crippen LogP contribution is 2.20. The van der Waals surface area contributed by atoms with Gasteiger partial charge in [-0.05, 0) is 23.8 Å². The van der Waals surface area contributed by atoms with E-state index in [0.29, 0.717) is 6.54 Å². The average molecular weight is 325 g/mol. The second-order valence-electron chi connectivity index (χ2n) is 4.45. The first-order valence-corrected chi connectivity index (χ1v) is 6.74. The van der Waals surface area contributed by atoms with E-state index in [1.165, 1.54) is 25.3 Å². The molecule has 1 aromatic heterocycles. The number of benzene rings is 1. The van der Waals surface area contributed by atoms with Crippen LogP contribution in [0.25, 0.3) is 0 Å². The fraction of sp³-hybridized carbons (Fsp3) is 0.214. The lowest BCUT2D eigenvalue weighted by Crippen LogP contribution is -2.20. The molecule has 0 spiro atoms. The number of hydrogen-bond donors (Lipinski definition) is 2. The summed E-state index contributed by atoms with van der Waals surface area (Å²) in [5, 5.41) is 10.5. The number of halogens is 2. The number of nitrogens with two attached hydrogens (primary N) is 1. The van der Waals surface area contributed by atoms with Gasteiger partial charge in [-0.2, -0.15) is 0 Å². The molecule has 0 aliphatic rings. The maximum absolute atomic E-state index is 12.9. The number of anilines is 1. The summed E-state index contributed by atoms with van der Waals surface area (Å²) in [7, 11) is 1.53. The molecule has 2 rings (SSSR count). The van der Waals surface area contributed by atoms with Crippen LogP contribution >= 0.6 is 11.6 Å². The van der Waals surface area contributed by atoms with Crippen molar-refractivity contribution in [3.8, 4) is 0 Å². The van der Waals surface area contributed by atoms with E-state index in [0.717, 1.165) is 5.56 Å². The molecule has 0 bridgehead atoms. The van der Waals surface area contributed by atoms with Crippen LogP contribution < -0.4 is 11.1 Å². The van der Waals surface area contributed by atoms with Crippen molar-refractivity contribution in [3.05, 3.63) is 52.4 Å². The van der Waals surface area contributed by atoms with Gasteiger partial charge in [0, 0.05) is 13.7 Å². The number of primary amides is 1. The molecule has 0 aliphatic carbocycles. The van der Waals surface area contributed by atoms with Gasteiger partial charge >= 0.3 is 0 Å². The Bertz CT molecular complexity index is 666. The fourth-order valence-corrected chi connectivity index (χ4v) is 2.04. The molecule has 116 valence electrons. The molecule has 0 fully saturated rings. The fourth-order valence-electron chi connectivity index (χ4n) is 1.89. The molecule has 3 N–H and O–H groups in total. The van der Waals surface area contributed by atoms with Crippen LogP contribution in [0.5, 0.6) is 0 Å². The first kappa shape index (κ1) is 16.1. The minimum atomic E-state index is -0.671. The van der Waals surface area contributed by atoms with E-state index >= 15 is 0 Å². The minimum Gasteiger partial charge on any atom is -0.375 e. The molecule has 22 heavy (non-hydrogen) atoms. The highest BCUT2D eigenvalue weighted by Gasteiger charge is 2.15. The summed E-state index contributed by atoms with van der Waals surface area (Å²) in [5.74, 6) is -0.790. The van der Waals surface area contributed by atoms with E-state index in [1.54, 1.807) is 12.1 Å². The SMILES string of the molecule is COC(CNc1nnc(Cl)cc1C(N)=O)c1ccc(F)cc1. The van der Waals surface area contributed by atoms with E-state index in [-0.39, 0.29) is 28.5 Å². The molecule has 0 radical (unpaired) electrons. The van der Waals surface area contributed by atoms with Crippen molar-refractivity contribution >= 4 is 23.3 Å². The Morgan fingerprint density at radius 2 is 2.09 bits per heavy atom. The van der Waals surface area contributed by atoms with E-state index in [9.17, 15) is 9.18 Å². The zero-order chi connectivity index (χ0) is 16.1. The number of amides is 1. The van der Waals surface area contributed by atoms with Gasteiger partial charge in [0.15, 0.2) is 11.0 Å². The number of nitrogens with zero attached hydrogens (tertiary/aromatic N) is 2. The first-order valence-electron chi connectivity index (χ1n) is 6.36. The number of hydrogen-bond acceptors (Lipinski definition) is 5. The number of nitrogens with one attached hydrogen (secondary N) is 1. The molecule has 0 aliphatic heterocycles. The number of carbonyl (C=O) groups is 1. The lowest BCUT2D eigenvalue weighted by atomic mass is 10.1. The third-order valence-corrected chi connectivity index (χ3v) is 3.20. The Hall–Kier alpha value is -2.25. The molecule has 1 amide bonds. The van der Waals surface area contributed by atoms with Crippen LogP contribution in [0.1, 0.15) is 22.0 Å². The predicted octanol–water partition coefficient (Wildman–Crippen LogP) is 2.17. The van der Waals surface area contributed by atoms with Crippen molar-refractivity contribution in [2.75, 3.05) is 19.0 Å². The number of ether oxygens (including phenoxy) is 1. The molecule has 1 heterocycles. The molecule has 6 nitrogen and oxygen atoms in total. The largest absolute Gasteiger partial charge is 0.375 e.